The van der Waals surface area contributed by atoms with E-state index in [2.05, 4.69) is 43.3 Å². The van der Waals surface area contributed by atoms with E-state index in [-0.39, 0.29) is 23.5 Å². The van der Waals surface area contributed by atoms with E-state index >= 15 is 0 Å². The number of nitrogens with zero attached hydrogens (tertiary/aromatic N) is 1. The number of hydrogen-bond acceptors (Lipinski definition) is 2. The maximum atomic E-state index is 6.53. The van der Waals surface area contributed by atoms with Crippen molar-refractivity contribution in [3.8, 4) is 5.75 Å². The number of ether oxygens (including phenoxy) is 1. The van der Waals surface area contributed by atoms with Gasteiger partial charge in [0.1, 0.15) is 11.4 Å². The molecular weight excluding hydrogens is 298 g/mol. The molecule has 0 radical (unpaired) electrons. The van der Waals surface area contributed by atoms with Crippen LogP contribution < -0.4 is 9.64 Å². The van der Waals surface area contributed by atoms with Gasteiger partial charge in [0.15, 0.2) is 0 Å². The third-order valence-corrected chi connectivity index (χ3v) is 5.67. The quantitative estimate of drug-likeness (QED) is 0.850. The van der Waals surface area contributed by atoms with Crippen molar-refractivity contribution in [2.45, 2.75) is 44.1 Å². The lowest BCUT2D eigenvalue weighted by molar-refractivity contribution is -0.107. The summed E-state index contributed by atoms with van der Waals surface area (Å²) < 4.78 is 6.53. The summed E-state index contributed by atoms with van der Waals surface area (Å²) in [5.41, 5.74) is 1.41. The normalized spacial score (nSPS) is 34.5. The molecule has 1 aromatic carbocycles. The Hall–Kier alpha value is -0.930. The molecule has 0 aliphatic heterocycles. The van der Waals surface area contributed by atoms with Gasteiger partial charge < -0.3 is 15.1 Å². The predicted octanol–water partition coefficient (Wildman–Crippen LogP) is 3.70. The average Bonchev–Trinajstić information content (AvgIpc) is 2.37. The molecule has 3 nitrogen and oxygen atoms in total. The summed E-state index contributed by atoms with van der Waals surface area (Å²) in [7, 11) is 4.16. The van der Waals surface area contributed by atoms with Gasteiger partial charge in [-0.05, 0) is 80.5 Å². The highest BCUT2D eigenvalue weighted by Gasteiger charge is 2.52. The lowest BCUT2D eigenvalue weighted by atomic mass is 9.54. The fourth-order valence-corrected chi connectivity index (χ4v) is 5.22. The second-order valence-corrected chi connectivity index (χ2v) is 7.59. The smallest absolute Gasteiger partial charge is 0.120 e. The Labute approximate surface area is 139 Å². The third kappa shape index (κ3) is 3.07. The van der Waals surface area contributed by atoms with Crippen molar-refractivity contribution >= 4 is 18.1 Å². The highest BCUT2D eigenvalue weighted by Crippen LogP contribution is 2.57. The predicted molar refractivity (Wildman–Crippen MR) is 93.2 cm³/mol. The minimum atomic E-state index is 0. The highest BCUT2D eigenvalue weighted by molar-refractivity contribution is 5.85. The molecule has 0 atom stereocenters. The van der Waals surface area contributed by atoms with Crippen molar-refractivity contribution < 1.29 is 10.2 Å². The molecule has 0 amide bonds. The monoisotopic (exact) mass is 325 g/mol. The Kier molecular flexibility index (Phi) is 4.98. The Morgan fingerprint density at radius 1 is 0.909 bits per heavy atom. The van der Waals surface area contributed by atoms with E-state index in [9.17, 15) is 0 Å². The Bertz CT molecular complexity index is 465. The summed E-state index contributed by atoms with van der Waals surface area (Å²) in [5.74, 6) is 3.91. The summed E-state index contributed by atoms with van der Waals surface area (Å²) in [6, 6.07) is 8.62. The summed E-state index contributed by atoms with van der Waals surface area (Å²) >= 11 is 0. The maximum Gasteiger partial charge on any atom is 0.120 e. The molecule has 0 heterocycles. The van der Waals surface area contributed by atoms with Gasteiger partial charge in [0.25, 0.3) is 0 Å². The van der Waals surface area contributed by atoms with Gasteiger partial charge in [-0.1, -0.05) is 0 Å². The zero-order valence-electron chi connectivity index (χ0n) is 13.5. The van der Waals surface area contributed by atoms with E-state index < -0.39 is 0 Å². The molecule has 22 heavy (non-hydrogen) atoms. The van der Waals surface area contributed by atoms with Crippen LogP contribution in [0.5, 0.6) is 5.75 Å². The molecule has 1 aromatic rings. The van der Waals surface area contributed by atoms with Crippen LogP contribution in [0.4, 0.5) is 5.69 Å². The topological polar surface area (TPSA) is 44.0 Å². The molecule has 0 aromatic heterocycles. The van der Waals surface area contributed by atoms with E-state index in [1.807, 2.05) is 0 Å². The van der Waals surface area contributed by atoms with Gasteiger partial charge in [0.05, 0.1) is 0 Å². The molecular formula is C18H28ClNO2. The number of halogens is 1. The summed E-state index contributed by atoms with van der Waals surface area (Å²) in [4.78, 5) is 2.13. The van der Waals surface area contributed by atoms with Crippen LogP contribution >= 0.6 is 12.4 Å². The maximum absolute atomic E-state index is 6.53. The van der Waals surface area contributed by atoms with Crippen LogP contribution in [0.2, 0.25) is 0 Å². The minimum Gasteiger partial charge on any atom is -0.487 e. The lowest BCUT2D eigenvalue weighted by Gasteiger charge is -2.56. The van der Waals surface area contributed by atoms with Gasteiger partial charge in [0, 0.05) is 19.8 Å². The summed E-state index contributed by atoms with van der Waals surface area (Å²) in [6.07, 6.45) is 8.32. The van der Waals surface area contributed by atoms with Crippen molar-refractivity contribution in [1.82, 2.24) is 0 Å². The molecule has 4 aliphatic carbocycles. The molecule has 5 rings (SSSR count). The van der Waals surface area contributed by atoms with Crippen molar-refractivity contribution in [1.29, 1.82) is 0 Å². The SMILES string of the molecule is CN(C)c1ccc(OC23CC4CC(CC(C4)C2)C3)cc1.Cl.O. The average molecular weight is 326 g/mol. The van der Waals surface area contributed by atoms with Gasteiger partial charge in [-0.15, -0.1) is 12.4 Å². The molecule has 4 heteroatoms. The molecule has 2 N–H and O–H groups in total. The first kappa shape index (κ1) is 17.4. The van der Waals surface area contributed by atoms with Crippen LogP contribution in [0.3, 0.4) is 0 Å². The first-order valence-corrected chi connectivity index (χ1v) is 8.08. The first-order valence-electron chi connectivity index (χ1n) is 8.08. The van der Waals surface area contributed by atoms with Crippen molar-refractivity contribution in [3.05, 3.63) is 24.3 Å². The van der Waals surface area contributed by atoms with Gasteiger partial charge in [-0.2, -0.15) is 0 Å². The highest BCUT2D eigenvalue weighted by atomic mass is 35.5. The van der Waals surface area contributed by atoms with Crippen LogP contribution in [0.25, 0.3) is 0 Å². The van der Waals surface area contributed by atoms with Crippen LogP contribution in [-0.4, -0.2) is 25.2 Å². The summed E-state index contributed by atoms with van der Waals surface area (Å²) in [6.45, 7) is 0. The molecule has 4 fully saturated rings. The molecule has 0 unspecified atom stereocenters. The number of benzene rings is 1. The molecule has 4 saturated carbocycles. The minimum absolute atomic E-state index is 0. The molecule has 4 bridgehead atoms. The molecule has 4 aliphatic rings. The van der Waals surface area contributed by atoms with Gasteiger partial charge in [0.2, 0.25) is 0 Å². The number of hydrogen-bond donors (Lipinski definition) is 0. The largest absolute Gasteiger partial charge is 0.487 e. The van der Waals surface area contributed by atoms with Gasteiger partial charge >= 0.3 is 0 Å². The number of rotatable bonds is 3. The zero-order chi connectivity index (χ0) is 13.7. The van der Waals surface area contributed by atoms with E-state index in [0.29, 0.717) is 0 Å². The van der Waals surface area contributed by atoms with Gasteiger partial charge in [-0.25, -0.2) is 0 Å². The Balaban J connectivity index is 0.000000882. The fraction of sp³-hybridized carbons (Fsp3) is 0.667. The standard InChI is InChI=1S/C18H25NO.ClH.H2O/c1-19(2)16-3-5-17(6-4-16)20-18-10-13-7-14(11-18)9-15(8-13)12-18;;/h3-6,13-15H,7-12H2,1-2H3;1H;1H2. The second-order valence-electron chi connectivity index (χ2n) is 7.59. The van der Waals surface area contributed by atoms with Crippen LogP contribution in [0.1, 0.15) is 38.5 Å². The van der Waals surface area contributed by atoms with Crippen LogP contribution in [0.15, 0.2) is 24.3 Å². The van der Waals surface area contributed by atoms with E-state index in [4.69, 9.17) is 4.74 Å². The van der Waals surface area contributed by atoms with Crippen molar-refractivity contribution in [2.24, 2.45) is 17.8 Å². The van der Waals surface area contributed by atoms with E-state index in [0.717, 1.165) is 23.5 Å². The summed E-state index contributed by atoms with van der Waals surface area (Å²) in [5, 5.41) is 0. The van der Waals surface area contributed by atoms with E-state index in [1.165, 1.54) is 44.2 Å². The van der Waals surface area contributed by atoms with Gasteiger partial charge in [-0.3, -0.25) is 0 Å². The van der Waals surface area contributed by atoms with Crippen molar-refractivity contribution in [3.63, 3.8) is 0 Å². The second kappa shape index (κ2) is 6.29. The Morgan fingerprint density at radius 3 is 1.77 bits per heavy atom. The third-order valence-electron chi connectivity index (χ3n) is 5.67. The van der Waals surface area contributed by atoms with Crippen LogP contribution in [0, 0.1) is 17.8 Å². The Morgan fingerprint density at radius 2 is 1.36 bits per heavy atom. The lowest BCUT2D eigenvalue weighted by Crippen LogP contribution is -2.53. The first-order chi connectivity index (χ1) is 9.62. The molecule has 0 saturated heterocycles. The molecule has 0 spiro atoms. The van der Waals surface area contributed by atoms with Crippen LogP contribution in [-0.2, 0) is 0 Å². The van der Waals surface area contributed by atoms with E-state index in [1.54, 1.807) is 0 Å². The fourth-order valence-electron chi connectivity index (χ4n) is 5.22. The van der Waals surface area contributed by atoms with Crippen molar-refractivity contribution in [2.75, 3.05) is 19.0 Å². The number of anilines is 1. The molecule has 124 valence electrons. The zero-order valence-corrected chi connectivity index (χ0v) is 14.4.